The van der Waals surface area contributed by atoms with E-state index in [-0.39, 0.29) is 0 Å². The third-order valence-electron chi connectivity index (χ3n) is 3.99. The Bertz CT molecular complexity index is 396. The van der Waals surface area contributed by atoms with Crippen LogP contribution in [-0.2, 0) is 0 Å². The molecule has 1 fully saturated rings. The first-order valence-corrected chi connectivity index (χ1v) is 7.05. The molecule has 0 aromatic heterocycles. The van der Waals surface area contributed by atoms with Gasteiger partial charge in [-0.15, -0.1) is 0 Å². The highest BCUT2D eigenvalue weighted by molar-refractivity contribution is 5.41. The second kappa shape index (κ2) is 5.75. The molecule has 0 saturated heterocycles. The summed E-state index contributed by atoms with van der Waals surface area (Å²) in [7, 11) is 1.77. The number of hydrogen-bond donors (Lipinski definition) is 1. The summed E-state index contributed by atoms with van der Waals surface area (Å²) in [6.07, 6.45) is 3.77. The monoisotopic (exact) mass is 247 g/mol. The van der Waals surface area contributed by atoms with Gasteiger partial charge in [-0.05, 0) is 60.8 Å². The fraction of sp³-hybridized carbons (Fsp3) is 0.625. The number of methoxy groups -OCH3 is 1. The molecule has 2 rings (SSSR count). The fourth-order valence-corrected chi connectivity index (χ4v) is 2.72. The summed E-state index contributed by atoms with van der Waals surface area (Å²) in [6.45, 7) is 5.19. The van der Waals surface area contributed by atoms with Crippen LogP contribution in [0, 0.1) is 5.92 Å². The molecule has 2 heteroatoms. The van der Waals surface area contributed by atoms with E-state index in [0.29, 0.717) is 11.8 Å². The van der Waals surface area contributed by atoms with Gasteiger partial charge in [-0.1, -0.05) is 26.0 Å². The van der Waals surface area contributed by atoms with Crippen LogP contribution in [0.25, 0.3) is 0 Å². The average Bonchev–Trinajstić information content (AvgIpc) is 3.19. The lowest BCUT2D eigenvalue weighted by Crippen LogP contribution is -2.10. The molecule has 100 valence electrons. The Kier molecular flexibility index (Phi) is 4.28. The van der Waals surface area contributed by atoms with E-state index in [1.54, 1.807) is 7.11 Å². The van der Waals surface area contributed by atoms with E-state index in [0.717, 1.165) is 24.6 Å². The quantitative estimate of drug-likeness (QED) is 0.832. The number of ether oxygens (including phenoxy) is 1. The van der Waals surface area contributed by atoms with Crippen molar-refractivity contribution in [2.24, 2.45) is 11.7 Å². The lowest BCUT2D eigenvalue weighted by Gasteiger charge is -2.20. The van der Waals surface area contributed by atoms with Gasteiger partial charge in [0, 0.05) is 0 Å². The Morgan fingerprint density at radius 1 is 1.33 bits per heavy atom. The molecule has 0 heterocycles. The van der Waals surface area contributed by atoms with Crippen LogP contribution in [0.1, 0.15) is 56.1 Å². The van der Waals surface area contributed by atoms with Crippen molar-refractivity contribution >= 4 is 0 Å². The van der Waals surface area contributed by atoms with Crippen molar-refractivity contribution in [3.8, 4) is 5.75 Å². The van der Waals surface area contributed by atoms with Gasteiger partial charge < -0.3 is 10.5 Å². The first-order chi connectivity index (χ1) is 8.67. The molecule has 0 radical (unpaired) electrons. The second-order valence-corrected chi connectivity index (χ2v) is 5.68. The van der Waals surface area contributed by atoms with Crippen molar-refractivity contribution in [2.75, 3.05) is 13.7 Å². The molecule has 18 heavy (non-hydrogen) atoms. The predicted molar refractivity (Wildman–Crippen MR) is 76.2 cm³/mol. The molecule has 1 saturated carbocycles. The topological polar surface area (TPSA) is 35.2 Å². The number of hydrogen-bond acceptors (Lipinski definition) is 2. The highest BCUT2D eigenvalue weighted by Crippen LogP contribution is 2.47. The normalized spacial score (nSPS) is 16.9. The zero-order valence-electron chi connectivity index (χ0n) is 11.8. The Balaban J connectivity index is 2.30. The number of benzene rings is 1. The van der Waals surface area contributed by atoms with Crippen LogP contribution in [-0.4, -0.2) is 13.7 Å². The largest absolute Gasteiger partial charge is 0.496 e. The molecule has 1 aromatic carbocycles. The molecular formula is C16H25NO. The molecule has 1 atom stereocenters. The van der Waals surface area contributed by atoms with Crippen molar-refractivity contribution < 1.29 is 4.74 Å². The Morgan fingerprint density at radius 2 is 2.06 bits per heavy atom. The highest BCUT2D eigenvalue weighted by atomic mass is 16.5. The molecule has 2 nitrogen and oxygen atoms in total. The van der Waals surface area contributed by atoms with E-state index in [1.165, 1.54) is 24.0 Å². The van der Waals surface area contributed by atoms with Crippen LogP contribution >= 0.6 is 0 Å². The van der Waals surface area contributed by atoms with E-state index >= 15 is 0 Å². The molecule has 1 unspecified atom stereocenters. The minimum atomic E-state index is 0.543. The SMILES string of the molecule is COc1cc(C(C)C)ccc1C(CCN)C1CC1. The Labute approximate surface area is 111 Å². The van der Waals surface area contributed by atoms with Crippen LogP contribution in [0.15, 0.2) is 18.2 Å². The molecule has 1 aliphatic rings. The van der Waals surface area contributed by atoms with Crippen LogP contribution in [0.5, 0.6) is 5.75 Å². The summed E-state index contributed by atoms with van der Waals surface area (Å²) >= 11 is 0. The predicted octanol–water partition coefficient (Wildman–Crippen LogP) is 3.66. The Hall–Kier alpha value is -1.02. The van der Waals surface area contributed by atoms with Crippen LogP contribution < -0.4 is 10.5 Å². The maximum atomic E-state index is 5.76. The van der Waals surface area contributed by atoms with Gasteiger partial charge in [0.1, 0.15) is 5.75 Å². The molecule has 1 aromatic rings. The zero-order valence-corrected chi connectivity index (χ0v) is 11.8. The van der Waals surface area contributed by atoms with E-state index in [1.807, 2.05) is 0 Å². The van der Waals surface area contributed by atoms with Gasteiger partial charge in [-0.3, -0.25) is 0 Å². The number of nitrogens with two attached hydrogens (primary N) is 1. The van der Waals surface area contributed by atoms with Crippen LogP contribution in [0.2, 0.25) is 0 Å². The van der Waals surface area contributed by atoms with Gasteiger partial charge in [-0.25, -0.2) is 0 Å². The van der Waals surface area contributed by atoms with Crippen molar-refractivity contribution in [3.05, 3.63) is 29.3 Å². The third-order valence-corrected chi connectivity index (χ3v) is 3.99. The Morgan fingerprint density at radius 3 is 2.56 bits per heavy atom. The fourth-order valence-electron chi connectivity index (χ4n) is 2.72. The average molecular weight is 247 g/mol. The summed E-state index contributed by atoms with van der Waals surface area (Å²) in [5, 5.41) is 0. The second-order valence-electron chi connectivity index (χ2n) is 5.68. The first kappa shape index (κ1) is 13.4. The minimum absolute atomic E-state index is 0.543. The minimum Gasteiger partial charge on any atom is -0.496 e. The van der Waals surface area contributed by atoms with Gasteiger partial charge in [0.05, 0.1) is 7.11 Å². The summed E-state index contributed by atoms with van der Waals surface area (Å²) < 4.78 is 5.60. The maximum Gasteiger partial charge on any atom is 0.122 e. The maximum absolute atomic E-state index is 5.76. The van der Waals surface area contributed by atoms with Crippen molar-refractivity contribution in [3.63, 3.8) is 0 Å². The smallest absolute Gasteiger partial charge is 0.122 e. The van der Waals surface area contributed by atoms with E-state index in [4.69, 9.17) is 10.5 Å². The molecule has 0 aliphatic heterocycles. The third kappa shape index (κ3) is 2.86. The van der Waals surface area contributed by atoms with E-state index in [2.05, 4.69) is 32.0 Å². The number of rotatable bonds is 6. The summed E-state index contributed by atoms with van der Waals surface area (Å²) in [4.78, 5) is 0. The van der Waals surface area contributed by atoms with Gasteiger partial charge in [0.15, 0.2) is 0 Å². The summed E-state index contributed by atoms with van der Waals surface area (Å²) in [5.41, 5.74) is 8.46. The van der Waals surface area contributed by atoms with Gasteiger partial charge >= 0.3 is 0 Å². The van der Waals surface area contributed by atoms with Crippen LogP contribution in [0.3, 0.4) is 0 Å². The van der Waals surface area contributed by atoms with Crippen molar-refractivity contribution in [2.45, 2.75) is 44.9 Å². The standard InChI is InChI=1S/C16H25NO/c1-11(2)13-6-7-15(16(10-13)18-3)14(8-9-17)12-4-5-12/h6-7,10-12,14H,4-5,8-9,17H2,1-3H3. The van der Waals surface area contributed by atoms with E-state index < -0.39 is 0 Å². The lowest BCUT2D eigenvalue weighted by atomic mass is 9.88. The molecule has 1 aliphatic carbocycles. The lowest BCUT2D eigenvalue weighted by molar-refractivity contribution is 0.399. The van der Waals surface area contributed by atoms with Crippen LogP contribution in [0.4, 0.5) is 0 Å². The van der Waals surface area contributed by atoms with Gasteiger partial charge in [-0.2, -0.15) is 0 Å². The van der Waals surface area contributed by atoms with Gasteiger partial charge in [0.25, 0.3) is 0 Å². The summed E-state index contributed by atoms with van der Waals surface area (Å²) in [5.74, 6) is 3.01. The molecule has 0 amide bonds. The highest BCUT2D eigenvalue weighted by Gasteiger charge is 2.33. The first-order valence-electron chi connectivity index (χ1n) is 7.05. The molecule has 2 N–H and O–H groups in total. The molecule has 0 bridgehead atoms. The molecular weight excluding hydrogens is 222 g/mol. The molecule has 0 spiro atoms. The van der Waals surface area contributed by atoms with Gasteiger partial charge in [0.2, 0.25) is 0 Å². The van der Waals surface area contributed by atoms with E-state index in [9.17, 15) is 0 Å². The summed E-state index contributed by atoms with van der Waals surface area (Å²) in [6, 6.07) is 6.70. The van der Waals surface area contributed by atoms with Crippen molar-refractivity contribution in [1.29, 1.82) is 0 Å². The zero-order chi connectivity index (χ0) is 13.1. The van der Waals surface area contributed by atoms with Crippen molar-refractivity contribution in [1.82, 2.24) is 0 Å².